The Kier molecular flexibility index (Phi) is 4.63. The number of methoxy groups -OCH3 is 2. The molecule has 2 aromatic rings. The van der Waals surface area contributed by atoms with Crippen LogP contribution in [-0.2, 0) is 4.79 Å². The second-order valence-electron chi connectivity index (χ2n) is 5.21. The molecule has 0 bridgehead atoms. The molecular weight excluding hydrogens is 344 g/mol. The summed E-state index contributed by atoms with van der Waals surface area (Å²) in [7, 11) is 3.07. The zero-order valence-electron chi connectivity index (χ0n) is 13.6. The topological polar surface area (TPSA) is 67.9 Å². The lowest BCUT2D eigenvalue weighted by atomic mass is 10.1. The molecule has 0 aliphatic carbocycles. The van der Waals surface area contributed by atoms with Crippen LogP contribution in [0.3, 0.4) is 0 Å². The number of carbonyl (C=O) groups is 2. The number of nitrogens with zero attached hydrogens (tertiary/aromatic N) is 1. The molecule has 1 N–H and O–H groups in total. The van der Waals surface area contributed by atoms with Gasteiger partial charge in [0.2, 0.25) is 0 Å². The SMILES string of the molecule is COc1ccc(/C=C2/NC(=O)N(c3ccc(Cl)cc3)C2=O)c(OC)c1. The minimum absolute atomic E-state index is 0.156. The smallest absolute Gasteiger partial charge is 0.333 e. The van der Waals surface area contributed by atoms with Crippen molar-refractivity contribution in [1.29, 1.82) is 0 Å². The molecule has 1 saturated heterocycles. The first-order chi connectivity index (χ1) is 12.0. The molecule has 128 valence electrons. The molecule has 1 aliphatic heterocycles. The number of benzene rings is 2. The second-order valence-corrected chi connectivity index (χ2v) is 5.65. The van der Waals surface area contributed by atoms with E-state index in [9.17, 15) is 9.59 Å². The number of amides is 3. The zero-order valence-corrected chi connectivity index (χ0v) is 14.3. The fraction of sp³-hybridized carbons (Fsp3) is 0.111. The first kappa shape index (κ1) is 16.9. The first-order valence-corrected chi connectivity index (χ1v) is 7.76. The van der Waals surface area contributed by atoms with Crippen molar-refractivity contribution in [2.75, 3.05) is 19.1 Å². The Hall–Kier alpha value is -2.99. The molecule has 7 heteroatoms. The highest BCUT2D eigenvalue weighted by molar-refractivity contribution is 6.31. The molecule has 0 unspecified atom stereocenters. The van der Waals surface area contributed by atoms with Gasteiger partial charge in [-0.3, -0.25) is 4.79 Å². The Morgan fingerprint density at radius 2 is 1.76 bits per heavy atom. The van der Waals surface area contributed by atoms with Gasteiger partial charge in [0.1, 0.15) is 17.2 Å². The Labute approximate surface area is 149 Å². The van der Waals surface area contributed by atoms with Gasteiger partial charge in [0.05, 0.1) is 19.9 Å². The van der Waals surface area contributed by atoms with E-state index in [0.29, 0.717) is 27.8 Å². The van der Waals surface area contributed by atoms with E-state index in [1.165, 1.54) is 7.11 Å². The van der Waals surface area contributed by atoms with E-state index >= 15 is 0 Å². The summed E-state index contributed by atoms with van der Waals surface area (Å²) in [6.07, 6.45) is 1.56. The molecular formula is C18H15ClN2O4. The van der Waals surface area contributed by atoms with Crippen molar-refractivity contribution in [2.45, 2.75) is 0 Å². The van der Waals surface area contributed by atoms with Crippen molar-refractivity contribution in [3.05, 3.63) is 58.7 Å². The molecule has 25 heavy (non-hydrogen) atoms. The van der Waals surface area contributed by atoms with Gasteiger partial charge in [-0.15, -0.1) is 0 Å². The predicted octanol–water partition coefficient (Wildman–Crippen LogP) is 3.45. The molecule has 3 amide bonds. The van der Waals surface area contributed by atoms with Crippen molar-refractivity contribution in [3.63, 3.8) is 0 Å². The maximum Gasteiger partial charge on any atom is 0.333 e. The van der Waals surface area contributed by atoms with Crippen molar-refractivity contribution < 1.29 is 19.1 Å². The van der Waals surface area contributed by atoms with Crippen molar-refractivity contribution in [2.24, 2.45) is 0 Å². The van der Waals surface area contributed by atoms with E-state index in [1.807, 2.05) is 0 Å². The van der Waals surface area contributed by atoms with Gasteiger partial charge in [-0.2, -0.15) is 0 Å². The van der Waals surface area contributed by atoms with Gasteiger partial charge < -0.3 is 14.8 Å². The van der Waals surface area contributed by atoms with Gasteiger partial charge >= 0.3 is 6.03 Å². The van der Waals surface area contributed by atoms with Gasteiger partial charge in [-0.25, -0.2) is 9.69 Å². The number of imide groups is 1. The lowest BCUT2D eigenvalue weighted by Crippen LogP contribution is -2.30. The lowest BCUT2D eigenvalue weighted by molar-refractivity contribution is -0.113. The Balaban J connectivity index is 1.94. The third-order valence-corrected chi connectivity index (χ3v) is 3.96. The third-order valence-electron chi connectivity index (χ3n) is 3.70. The third kappa shape index (κ3) is 3.29. The average molecular weight is 359 g/mol. The van der Waals surface area contributed by atoms with E-state index in [2.05, 4.69) is 5.32 Å². The van der Waals surface area contributed by atoms with Gasteiger partial charge in [0, 0.05) is 16.7 Å². The highest BCUT2D eigenvalue weighted by Crippen LogP contribution is 2.28. The van der Waals surface area contributed by atoms with Gasteiger partial charge in [0.25, 0.3) is 5.91 Å². The average Bonchev–Trinajstić information content (AvgIpc) is 2.90. The van der Waals surface area contributed by atoms with Crippen LogP contribution < -0.4 is 19.7 Å². The molecule has 6 nitrogen and oxygen atoms in total. The van der Waals surface area contributed by atoms with Crippen LogP contribution in [0.15, 0.2) is 48.2 Å². The fourth-order valence-corrected chi connectivity index (χ4v) is 2.58. The zero-order chi connectivity index (χ0) is 18.0. The molecule has 0 atom stereocenters. The first-order valence-electron chi connectivity index (χ1n) is 7.38. The van der Waals surface area contributed by atoms with E-state index in [0.717, 1.165) is 4.90 Å². The van der Waals surface area contributed by atoms with Crippen molar-refractivity contribution in [1.82, 2.24) is 5.32 Å². The molecule has 1 heterocycles. The molecule has 1 fully saturated rings. The van der Waals surface area contributed by atoms with Gasteiger partial charge in [-0.1, -0.05) is 11.6 Å². The number of rotatable bonds is 4. The van der Waals surface area contributed by atoms with Gasteiger partial charge in [-0.05, 0) is 42.5 Å². The van der Waals surface area contributed by atoms with E-state index in [1.54, 1.807) is 55.7 Å². The second kappa shape index (κ2) is 6.86. The quantitative estimate of drug-likeness (QED) is 0.671. The highest BCUT2D eigenvalue weighted by atomic mass is 35.5. The van der Waals surface area contributed by atoms with Crippen LogP contribution in [0.2, 0.25) is 5.02 Å². The molecule has 0 saturated carbocycles. The summed E-state index contributed by atoms with van der Waals surface area (Å²) in [5.74, 6) is 0.701. The van der Waals surface area contributed by atoms with Gasteiger partial charge in [0.15, 0.2) is 0 Å². The molecule has 0 spiro atoms. The molecule has 0 aromatic heterocycles. The summed E-state index contributed by atoms with van der Waals surface area (Å²) in [5, 5.41) is 3.10. The number of halogens is 1. The molecule has 0 radical (unpaired) electrons. The largest absolute Gasteiger partial charge is 0.497 e. The summed E-state index contributed by atoms with van der Waals surface area (Å²) in [5.41, 5.74) is 1.24. The number of hydrogen-bond donors (Lipinski definition) is 1. The number of urea groups is 1. The summed E-state index contributed by atoms with van der Waals surface area (Å²) >= 11 is 5.85. The van der Waals surface area contributed by atoms with Crippen molar-refractivity contribution >= 4 is 35.3 Å². The maximum absolute atomic E-state index is 12.6. The number of carbonyl (C=O) groups excluding carboxylic acids is 2. The van der Waals surface area contributed by atoms with Crippen LogP contribution in [0.4, 0.5) is 10.5 Å². The van der Waals surface area contributed by atoms with Crippen LogP contribution in [0.5, 0.6) is 11.5 Å². The number of anilines is 1. The standard InChI is InChI=1S/C18H15ClN2O4/c1-24-14-8-3-11(16(10-14)25-2)9-15-17(22)21(18(23)20-15)13-6-4-12(19)5-7-13/h3-10H,1-2H3,(H,20,23)/b15-9+. The van der Waals surface area contributed by atoms with Crippen LogP contribution in [-0.4, -0.2) is 26.2 Å². The number of nitrogens with one attached hydrogen (secondary N) is 1. The predicted molar refractivity (Wildman–Crippen MR) is 95.0 cm³/mol. The van der Waals surface area contributed by atoms with Crippen LogP contribution >= 0.6 is 11.6 Å². The number of ether oxygens (including phenoxy) is 2. The summed E-state index contributed by atoms with van der Waals surface area (Å²) in [6, 6.07) is 11.1. The molecule has 2 aromatic carbocycles. The van der Waals surface area contributed by atoms with Crippen molar-refractivity contribution in [3.8, 4) is 11.5 Å². The minimum Gasteiger partial charge on any atom is -0.497 e. The summed E-state index contributed by atoms with van der Waals surface area (Å²) in [4.78, 5) is 25.9. The summed E-state index contributed by atoms with van der Waals surface area (Å²) in [6.45, 7) is 0. The van der Waals surface area contributed by atoms with Crippen LogP contribution in [0.1, 0.15) is 5.56 Å². The van der Waals surface area contributed by atoms with E-state index < -0.39 is 11.9 Å². The summed E-state index contributed by atoms with van der Waals surface area (Å²) < 4.78 is 10.5. The molecule has 1 aliphatic rings. The van der Waals surface area contributed by atoms with Crippen LogP contribution in [0, 0.1) is 0 Å². The highest BCUT2D eigenvalue weighted by Gasteiger charge is 2.34. The number of hydrogen-bond acceptors (Lipinski definition) is 4. The fourth-order valence-electron chi connectivity index (χ4n) is 2.45. The Morgan fingerprint density at radius 3 is 2.40 bits per heavy atom. The monoisotopic (exact) mass is 358 g/mol. The molecule has 3 rings (SSSR count). The minimum atomic E-state index is -0.522. The maximum atomic E-state index is 12.6. The van der Waals surface area contributed by atoms with E-state index in [-0.39, 0.29) is 5.70 Å². The normalized spacial score (nSPS) is 15.5. The Morgan fingerprint density at radius 1 is 1.04 bits per heavy atom. The van der Waals surface area contributed by atoms with E-state index in [4.69, 9.17) is 21.1 Å². The Bertz CT molecular complexity index is 862. The van der Waals surface area contributed by atoms with Crippen LogP contribution in [0.25, 0.3) is 6.08 Å². The lowest BCUT2D eigenvalue weighted by Gasteiger charge is -2.11.